The molecule has 1 heterocycles. The molecule has 0 aliphatic carbocycles. The van der Waals surface area contributed by atoms with Crippen LogP contribution in [0.2, 0.25) is 5.02 Å². The van der Waals surface area contributed by atoms with Crippen LogP contribution in [0.1, 0.15) is 5.56 Å². The van der Waals surface area contributed by atoms with Gasteiger partial charge in [-0.25, -0.2) is 9.37 Å². The SMILES string of the molecule is N#Cc1c(-c2ccc(Cl)cc2)cc(-c2ccccc2F)nc1N. The smallest absolute Gasteiger partial charge is 0.142 e. The Morgan fingerprint density at radius 1 is 1.04 bits per heavy atom. The van der Waals surface area contributed by atoms with E-state index in [1.54, 1.807) is 48.5 Å². The van der Waals surface area contributed by atoms with Gasteiger partial charge in [0, 0.05) is 16.1 Å². The molecule has 3 rings (SSSR count). The molecule has 0 fully saturated rings. The molecule has 0 saturated heterocycles. The first-order valence-corrected chi connectivity index (χ1v) is 7.19. The molecule has 0 unspecified atom stereocenters. The maximum atomic E-state index is 14.0. The largest absolute Gasteiger partial charge is 0.383 e. The Morgan fingerprint density at radius 3 is 2.39 bits per heavy atom. The average molecular weight is 324 g/mol. The zero-order valence-corrected chi connectivity index (χ0v) is 12.7. The molecule has 0 amide bonds. The van der Waals surface area contributed by atoms with Crippen LogP contribution in [0.15, 0.2) is 54.6 Å². The van der Waals surface area contributed by atoms with Gasteiger partial charge in [-0.2, -0.15) is 5.26 Å². The van der Waals surface area contributed by atoms with Crippen molar-refractivity contribution < 1.29 is 4.39 Å². The zero-order valence-electron chi connectivity index (χ0n) is 11.9. The van der Waals surface area contributed by atoms with Crippen molar-refractivity contribution in [1.82, 2.24) is 4.98 Å². The molecule has 0 aliphatic heterocycles. The maximum Gasteiger partial charge on any atom is 0.142 e. The van der Waals surface area contributed by atoms with Crippen LogP contribution in [0, 0.1) is 17.1 Å². The van der Waals surface area contributed by atoms with E-state index in [-0.39, 0.29) is 11.4 Å². The number of nitrogen functional groups attached to an aromatic ring is 1. The van der Waals surface area contributed by atoms with Gasteiger partial charge in [0.2, 0.25) is 0 Å². The van der Waals surface area contributed by atoms with Gasteiger partial charge in [0.1, 0.15) is 23.3 Å². The van der Waals surface area contributed by atoms with Crippen molar-refractivity contribution in [3.05, 3.63) is 71.0 Å². The van der Waals surface area contributed by atoms with Gasteiger partial charge in [0.05, 0.1) is 5.69 Å². The zero-order chi connectivity index (χ0) is 16.4. The number of aromatic nitrogens is 1. The highest BCUT2D eigenvalue weighted by atomic mass is 35.5. The quantitative estimate of drug-likeness (QED) is 0.746. The predicted octanol–water partition coefficient (Wildman–Crippen LogP) is 4.66. The predicted molar refractivity (Wildman–Crippen MR) is 89.2 cm³/mol. The topological polar surface area (TPSA) is 62.7 Å². The summed E-state index contributed by atoms with van der Waals surface area (Å²) in [6.45, 7) is 0. The van der Waals surface area contributed by atoms with E-state index >= 15 is 0 Å². The lowest BCUT2D eigenvalue weighted by atomic mass is 9.98. The molecule has 3 aromatic rings. The summed E-state index contributed by atoms with van der Waals surface area (Å²) in [6, 6.07) is 17.0. The number of benzene rings is 2. The Kier molecular flexibility index (Phi) is 3.96. The number of nitrogens with two attached hydrogens (primary N) is 1. The van der Waals surface area contributed by atoms with Crippen molar-refractivity contribution in [1.29, 1.82) is 5.26 Å². The van der Waals surface area contributed by atoms with Gasteiger partial charge in [-0.05, 0) is 35.9 Å². The fraction of sp³-hybridized carbons (Fsp3) is 0. The van der Waals surface area contributed by atoms with Gasteiger partial charge in [-0.3, -0.25) is 0 Å². The van der Waals surface area contributed by atoms with Gasteiger partial charge >= 0.3 is 0 Å². The fourth-order valence-corrected chi connectivity index (χ4v) is 2.47. The van der Waals surface area contributed by atoms with Crippen LogP contribution >= 0.6 is 11.6 Å². The highest BCUT2D eigenvalue weighted by molar-refractivity contribution is 6.30. The summed E-state index contributed by atoms with van der Waals surface area (Å²) in [5.74, 6) is -0.329. The van der Waals surface area contributed by atoms with E-state index in [2.05, 4.69) is 11.1 Å². The molecule has 0 spiro atoms. The van der Waals surface area contributed by atoms with E-state index in [1.807, 2.05) is 0 Å². The van der Waals surface area contributed by atoms with E-state index in [0.717, 1.165) is 5.56 Å². The molecule has 0 radical (unpaired) electrons. The molecule has 2 N–H and O–H groups in total. The molecule has 0 saturated carbocycles. The average Bonchev–Trinajstić information content (AvgIpc) is 2.55. The Hall–Kier alpha value is -2.90. The van der Waals surface area contributed by atoms with Crippen LogP contribution in [0.3, 0.4) is 0 Å². The number of nitrogens with zero attached hydrogens (tertiary/aromatic N) is 2. The molecule has 0 aliphatic rings. The van der Waals surface area contributed by atoms with Crippen molar-refractivity contribution >= 4 is 17.4 Å². The van der Waals surface area contributed by atoms with Gasteiger partial charge < -0.3 is 5.73 Å². The maximum absolute atomic E-state index is 14.0. The molecular formula is C18H11ClFN3. The third-order valence-corrected chi connectivity index (χ3v) is 3.72. The number of hydrogen-bond donors (Lipinski definition) is 1. The van der Waals surface area contributed by atoms with Crippen molar-refractivity contribution in [2.24, 2.45) is 0 Å². The number of anilines is 1. The van der Waals surface area contributed by atoms with Crippen LogP contribution in [-0.2, 0) is 0 Å². The van der Waals surface area contributed by atoms with Gasteiger partial charge in [-0.1, -0.05) is 35.9 Å². The number of pyridine rings is 1. The lowest BCUT2D eigenvalue weighted by molar-refractivity contribution is 0.631. The summed E-state index contributed by atoms with van der Waals surface area (Å²) < 4.78 is 14.0. The summed E-state index contributed by atoms with van der Waals surface area (Å²) in [6.07, 6.45) is 0. The van der Waals surface area contributed by atoms with Crippen molar-refractivity contribution in [3.8, 4) is 28.5 Å². The molecule has 0 bridgehead atoms. The Balaban J connectivity index is 2.25. The summed E-state index contributed by atoms with van der Waals surface area (Å²) >= 11 is 5.90. The molecule has 1 aromatic heterocycles. The third kappa shape index (κ3) is 2.87. The van der Waals surface area contributed by atoms with Gasteiger partial charge in [0.25, 0.3) is 0 Å². The fourth-order valence-electron chi connectivity index (χ4n) is 2.35. The van der Waals surface area contributed by atoms with Crippen LogP contribution in [0.25, 0.3) is 22.4 Å². The minimum absolute atomic E-state index is 0.0678. The monoisotopic (exact) mass is 323 g/mol. The lowest BCUT2D eigenvalue weighted by Gasteiger charge is -2.11. The third-order valence-electron chi connectivity index (χ3n) is 3.46. The second-order valence-electron chi connectivity index (χ2n) is 4.91. The van der Waals surface area contributed by atoms with Crippen LogP contribution < -0.4 is 5.73 Å². The number of halogens is 2. The first kappa shape index (κ1) is 15.0. The minimum Gasteiger partial charge on any atom is -0.383 e. The van der Waals surface area contributed by atoms with Crippen molar-refractivity contribution in [3.63, 3.8) is 0 Å². The van der Waals surface area contributed by atoms with E-state index in [4.69, 9.17) is 17.3 Å². The highest BCUT2D eigenvalue weighted by Crippen LogP contribution is 2.32. The van der Waals surface area contributed by atoms with E-state index in [0.29, 0.717) is 21.8 Å². The second-order valence-corrected chi connectivity index (χ2v) is 5.35. The molecule has 2 aromatic carbocycles. The molecule has 3 nitrogen and oxygen atoms in total. The van der Waals surface area contributed by atoms with Gasteiger partial charge in [-0.15, -0.1) is 0 Å². The van der Waals surface area contributed by atoms with Crippen molar-refractivity contribution in [2.45, 2.75) is 0 Å². The molecule has 112 valence electrons. The van der Waals surface area contributed by atoms with E-state index in [1.165, 1.54) is 6.07 Å². The Labute approximate surface area is 137 Å². The Bertz CT molecular complexity index is 915. The summed E-state index contributed by atoms with van der Waals surface area (Å²) in [7, 11) is 0. The lowest BCUT2D eigenvalue weighted by Crippen LogP contribution is -2.00. The minimum atomic E-state index is -0.397. The van der Waals surface area contributed by atoms with Crippen LogP contribution in [0.4, 0.5) is 10.2 Å². The molecule has 0 atom stereocenters. The highest BCUT2D eigenvalue weighted by Gasteiger charge is 2.15. The van der Waals surface area contributed by atoms with Crippen LogP contribution in [0.5, 0.6) is 0 Å². The number of hydrogen-bond acceptors (Lipinski definition) is 3. The summed E-state index contributed by atoms with van der Waals surface area (Å²) in [4.78, 5) is 4.17. The van der Waals surface area contributed by atoms with E-state index in [9.17, 15) is 9.65 Å². The van der Waals surface area contributed by atoms with Gasteiger partial charge in [0.15, 0.2) is 0 Å². The summed E-state index contributed by atoms with van der Waals surface area (Å²) in [5.41, 5.74) is 8.23. The van der Waals surface area contributed by atoms with Crippen molar-refractivity contribution in [2.75, 3.05) is 5.73 Å². The first-order valence-electron chi connectivity index (χ1n) is 6.81. The summed E-state index contributed by atoms with van der Waals surface area (Å²) in [5, 5.41) is 9.95. The molecule has 23 heavy (non-hydrogen) atoms. The van der Waals surface area contributed by atoms with Crippen LogP contribution in [-0.4, -0.2) is 4.98 Å². The molecular weight excluding hydrogens is 313 g/mol. The van der Waals surface area contributed by atoms with E-state index < -0.39 is 5.82 Å². The molecule has 5 heteroatoms. The first-order chi connectivity index (χ1) is 11.1. The normalized spacial score (nSPS) is 10.3. The second kappa shape index (κ2) is 6.07. The standard InChI is InChI=1S/C18H11ClFN3/c19-12-7-5-11(6-8-12)14-9-17(23-18(22)15(14)10-21)13-3-1-2-4-16(13)20/h1-9H,(H2,22,23). The number of nitriles is 1. The number of rotatable bonds is 2. The Morgan fingerprint density at radius 2 is 1.74 bits per heavy atom.